The zero-order chi connectivity index (χ0) is 13.3. The molecule has 0 amide bonds. The van der Waals surface area contributed by atoms with Crippen LogP contribution < -0.4 is 10.6 Å². The molecule has 1 heterocycles. The van der Waals surface area contributed by atoms with Crippen LogP contribution in [0, 0.1) is 0 Å². The van der Waals surface area contributed by atoms with Gasteiger partial charge in [0.25, 0.3) is 0 Å². The SMILES string of the molecule is Nc1cc(Cl)c(N2CCC(O)CC2)c(C(=O)O)c1. The van der Waals surface area contributed by atoms with Crippen LogP contribution in [0.25, 0.3) is 0 Å². The molecule has 0 unspecified atom stereocenters. The minimum Gasteiger partial charge on any atom is -0.478 e. The van der Waals surface area contributed by atoms with Crippen molar-refractivity contribution in [3.8, 4) is 0 Å². The number of carboxylic acids is 1. The number of hydrogen-bond acceptors (Lipinski definition) is 4. The van der Waals surface area contributed by atoms with E-state index in [-0.39, 0.29) is 11.7 Å². The predicted octanol–water partition coefficient (Wildman–Crippen LogP) is 1.58. The minimum absolute atomic E-state index is 0.108. The first kappa shape index (κ1) is 13.0. The lowest BCUT2D eigenvalue weighted by Gasteiger charge is -2.33. The van der Waals surface area contributed by atoms with Gasteiger partial charge in [-0.15, -0.1) is 0 Å². The summed E-state index contributed by atoms with van der Waals surface area (Å²) in [7, 11) is 0. The van der Waals surface area contributed by atoms with Crippen LogP contribution in [0.1, 0.15) is 23.2 Å². The smallest absolute Gasteiger partial charge is 0.337 e. The molecule has 0 radical (unpaired) electrons. The molecule has 1 aliphatic heterocycles. The zero-order valence-electron chi connectivity index (χ0n) is 9.77. The summed E-state index contributed by atoms with van der Waals surface area (Å²) in [5.74, 6) is -1.05. The molecule has 18 heavy (non-hydrogen) atoms. The first-order chi connectivity index (χ1) is 8.49. The van der Waals surface area contributed by atoms with E-state index in [1.54, 1.807) is 6.07 Å². The van der Waals surface area contributed by atoms with Crippen LogP contribution in [0.2, 0.25) is 5.02 Å². The summed E-state index contributed by atoms with van der Waals surface area (Å²) >= 11 is 6.10. The number of aliphatic hydroxyl groups is 1. The molecule has 4 N–H and O–H groups in total. The number of rotatable bonds is 2. The lowest BCUT2D eigenvalue weighted by atomic mass is 10.0. The quantitative estimate of drug-likeness (QED) is 0.711. The van der Waals surface area contributed by atoms with Crippen LogP contribution in [0.4, 0.5) is 11.4 Å². The topological polar surface area (TPSA) is 86.8 Å². The van der Waals surface area contributed by atoms with Crippen LogP contribution >= 0.6 is 11.6 Å². The average molecular weight is 271 g/mol. The number of nitrogens with zero attached hydrogens (tertiary/aromatic N) is 1. The van der Waals surface area contributed by atoms with E-state index in [0.29, 0.717) is 42.3 Å². The van der Waals surface area contributed by atoms with E-state index in [4.69, 9.17) is 17.3 Å². The second-order valence-corrected chi connectivity index (χ2v) is 4.83. The highest BCUT2D eigenvalue weighted by Gasteiger charge is 2.24. The molecular weight excluding hydrogens is 256 g/mol. The average Bonchev–Trinajstić information content (AvgIpc) is 2.29. The number of halogens is 1. The number of aliphatic hydroxyl groups excluding tert-OH is 1. The highest BCUT2D eigenvalue weighted by Crippen LogP contribution is 2.34. The monoisotopic (exact) mass is 270 g/mol. The molecular formula is C12H15ClN2O3. The number of carboxylic acid groups (broad SMARTS) is 1. The van der Waals surface area contributed by atoms with Gasteiger partial charge in [0.2, 0.25) is 0 Å². The molecule has 5 nitrogen and oxygen atoms in total. The zero-order valence-corrected chi connectivity index (χ0v) is 10.5. The summed E-state index contributed by atoms with van der Waals surface area (Å²) in [6.45, 7) is 1.18. The van der Waals surface area contributed by atoms with Crippen molar-refractivity contribution in [2.75, 3.05) is 23.7 Å². The molecule has 2 rings (SSSR count). The third-order valence-corrected chi connectivity index (χ3v) is 3.38. The van der Waals surface area contributed by atoms with Gasteiger partial charge in [-0.3, -0.25) is 0 Å². The van der Waals surface area contributed by atoms with Crippen LogP contribution in [-0.4, -0.2) is 35.4 Å². The van der Waals surface area contributed by atoms with Crippen molar-refractivity contribution >= 4 is 28.9 Å². The first-order valence-electron chi connectivity index (χ1n) is 5.74. The number of hydrogen-bond donors (Lipinski definition) is 3. The van der Waals surface area contributed by atoms with E-state index in [1.807, 2.05) is 4.90 Å². The lowest BCUT2D eigenvalue weighted by molar-refractivity contribution is 0.0697. The third-order valence-electron chi connectivity index (χ3n) is 3.10. The number of carbonyl (C=O) groups is 1. The van der Waals surface area contributed by atoms with Gasteiger partial charge >= 0.3 is 5.97 Å². The fourth-order valence-corrected chi connectivity index (χ4v) is 2.54. The fourth-order valence-electron chi connectivity index (χ4n) is 2.19. The van der Waals surface area contributed by atoms with E-state index in [1.165, 1.54) is 6.07 Å². The molecule has 0 bridgehead atoms. The number of benzene rings is 1. The maximum atomic E-state index is 11.2. The third kappa shape index (κ3) is 2.52. The van der Waals surface area contributed by atoms with Gasteiger partial charge in [-0.2, -0.15) is 0 Å². The van der Waals surface area contributed by atoms with Gasteiger partial charge in [0.15, 0.2) is 0 Å². The van der Waals surface area contributed by atoms with E-state index in [0.717, 1.165) is 0 Å². The van der Waals surface area contributed by atoms with Crippen LogP contribution in [-0.2, 0) is 0 Å². The first-order valence-corrected chi connectivity index (χ1v) is 6.12. The van der Waals surface area contributed by atoms with E-state index >= 15 is 0 Å². The Labute approximate surface area is 110 Å². The standard InChI is InChI=1S/C12H15ClN2O3/c13-10-6-7(14)5-9(12(17)18)11(10)15-3-1-8(16)2-4-15/h5-6,8,16H,1-4,14H2,(H,17,18). The molecule has 0 atom stereocenters. The maximum absolute atomic E-state index is 11.2. The Morgan fingerprint density at radius 1 is 1.39 bits per heavy atom. The summed E-state index contributed by atoms with van der Waals surface area (Å²) in [6, 6.07) is 2.96. The van der Waals surface area contributed by atoms with Crippen molar-refractivity contribution < 1.29 is 15.0 Å². The Hall–Kier alpha value is -1.46. The molecule has 98 valence electrons. The number of aromatic carboxylic acids is 1. The molecule has 6 heteroatoms. The summed E-state index contributed by atoms with van der Waals surface area (Å²) in [6.07, 6.45) is 0.904. The van der Waals surface area contributed by atoms with Crippen molar-refractivity contribution in [1.29, 1.82) is 0 Å². The summed E-state index contributed by atoms with van der Waals surface area (Å²) in [5, 5.41) is 19.0. The van der Waals surface area contributed by atoms with Crippen molar-refractivity contribution in [2.45, 2.75) is 18.9 Å². The molecule has 1 aliphatic rings. The van der Waals surface area contributed by atoms with Crippen molar-refractivity contribution in [3.05, 3.63) is 22.7 Å². The van der Waals surface area contributed by atoms with Crippen LogP contribution in [0.5, 0.6) is 0 Å². The van der Waals surface area contributed by atoms with Crippen molar-refractivity contribution in [1.82, 2.24) is 0 Å². The molecule has 1 aromatic carbocycles. The highest BCUT2D eigenvalue weighted by molar-refractivity contribution is 6.34. The largest absolute Gasteiger partial charge is 0.478 e. The van der Waals surface area contributed by atoms with Gasteiger partial charge in [-0.1, -0.05) is 11.6 Å². The second kappa shape index (κ2) is 5.04. The van der Waals surface area contributed by atoms with Gasteiger partial charge in [0.05, 0.1) is 22.4 Å². The van der Waals surface area contributed by atoms with Crippen molar-refractivity contribution in [3.63, 3.8) is 0 Å². The van der Waals surface area contributed by atoms with Crippen LogP contribution in [0.3, 0.4) is 0 Å². The molecule has 0 aromatic heterocycles. The fraction of sp³-hybridized carbons (Fsp3) is 0.417. The molecule has 0 saturated carbocycles. The predicted molar refractivity (Wildman–Crippen MR) is 70.3 cm³/mol. The Bertz CT molecular complexity index is 471. The van der Waals surface area contributed by atoms with Gasteiger partial charge in [-0.05, 0) is 25.0 Å². The molecule has 0 spiro atoms. The second-order valence-electron chi connectivity index (χ2n) is 4.42. The van der Waals surface area contributed by atoms with Crippen molar-refractivity contribution in [2.24, 2.45) is 0 Å². The van der Waals surface area contributed by atoms with E-state index < -0.39 is 5.97 Å². The maximum Gasteiger partial charge on any atom is 0.337 e. The van der Waals surface area contributed by atoms with Gasteiger partial charge in [-0.25, -0.2) is 4.79 Å². The normalized spacial score (nSPS) is 16.9. The van der Waals surface area contributed by atoms with Gasteiger partial charge < -0.3 is 20.8 Å². The summed E-state index contributed by atoms with van der Waals surface area (Å²) in [4.78, 5) is 13.1. The Morgan fingerprint density at radius 2 is 2.00 bits per heavy atom. The van der Waals surface area contributed by atoms with Gasteiger partial charge in [0.1, 0.15) is 0 Å². The van der Waals surface area contributed by atoms with Gasteiger partial charge in [0, 0.05) is 18.8 Å². The highest BCUT2D eigenvalue weighted by atomic mass is 35.5. The van der Waals surface area contributed by atoms with E-state index in [9.17, 15) is 15.0 Å². The summed E-state index contributed by atoms with van der Waals surface area (Å²) < 4.78 is 0. The lowest BCUT2D eigenvalue weighted by Crippen LogP contribution is -2.36. The minimum atomic E-state index is -1.05. The number of nitrogen functional groups attached to an aromatic ring is 1. The van der Waals surface area contributed by atoms with Crippen LogP contribution in [0.15, 0.2) is 12.1 Å². The molecule has 1 fully saturated rings. The number of anilines is 2. The van der Waals surface area contributed by atoms with E-state index in [2.05, 4.69) is 0 Å². The molecule has 0 aliphatic carbocycles. The Morgan fingerprint density at radius 3 is 2.56 bits per heavy atom. The molecule has 1 aromatic rings. The number of piperidine rings is 1. The number of nitrogens with two attached hydrogens (primary N) is 1. The Balaban J connectivity index is 2.39. The Kier molecular flexibility index (Phi) is 3.63. The molecule has 1 saturated heterocycles. The summed E-state index contributed by atoms with van der Waals surface area (Å²) in [5.41, 5.74) is 6.54.